The predicted molar refractivity (Wildman–Crippen MR) is 124 cm³/mol. The van der Waals surface area contributed by atoms with Gasteiger partial charge in [0.25, 0.3) is 0 Å². The minimum atomic E-state index is -0.157. The van der Waals surface area contributed by atoms with E-state index in [1.807, 2.05) is 48.7 Å². The molecule has 3 nitrogen and oxygen atoms in total. The molecule has 0 saturated heterocycles. The van der Waals surface area contributed by atoms with E-state index in [9.17, 15) is 5.11 Å². The molecule has 0 radical (unpaired) electrons. The van der Waals surface area contributed by atoms with Gasteiger partial charge in [0.05, 0.1) is 11.9 Å². The maximum absolute atomic E-state index is 10.9. The van der Waals surface area contributed by atoms with Crippen molar-refractivity contribution in [1.29, 1.82) is 0 Å². The van der Waals surface area contributed by atoms with Crippen molar-refractivity contribution < 1.29 is 5.11 Å². The molecule has 4 heteroatoms. The number of phenols is 1. The summed E-state index contributed by atoms with van der Waals surface area (Å²) in [6, 6.07) is 18.4. The van der Waals surface area contributed by atoms with Gasteiger partial charge < -0.3 is 10.4 Å². The summed E-state index contributed by atoms with van der Waals surface area (Å²) >= 11 is 1.64. The lowest BCUT2D eigenvalue weighted by molar-refractivity contribution is 0.423. The number of benzene rings is 2. The normalized spacial score (nSPS) is 12.1. The molecule has 1 heterocycles. The van der Waals surface area contributed by atoms with Crippen LogP contribution in [-0.4, -0.2) is 10.1 Å². The first-order valence-corrected chi connectivity index (χ1v) is 10.7. The lowest BCUT2D eigenvalue weighted by atomic mass is 9.79. The first-order valence-electron chi connectivity index (χ1n) is 9.88. The Balaban J connectivity index is 1.87. The Morgan fingerprint density at radius 3 is 1.86 bits per heavy atom. The van der Waals surface area contributed by atoms with Gasteiger partial charge in [0.15, 0.2) is 0 Å². The zero-order valence-electron chi connectivity index (χ0n) is 18.1. The minimum absolute atomic E-state index is 0.157. The number of anilines is 2. The van der Waals surface area contributed by atoms with Crippen molar-refractivity contribution in [3.05, 3.63) is 71.9 Å². The molecule has 3 rings (SSSR count). The molecule has 0 spiro atoms. The van der Waals surface area contributed by atoms with E-state index in [2.05, 4.69) is 64.0 Å². The fourth-order valence-corrected chi connectivity index (χ4v) is 3.92. The van der Waals surface area contributed by atoms with Crippen LogP contribution in [0.3, 0.4) is 0 Å². The van der Waals surface area contributed by atoms with Crippen molar-refractivity contribution in [2.24, 2.45) is 0 Å². The van der Waals surface area contributed by atoms with Crippen LogP contribution in [0.25, 0.3) is 0 Å². The Hall–Kier alpha value is -2.46. The fraction of sp³-hybridized carbons (Fsp3) is 0.320. The van der Waals surface area contributed by atoms with Crippen molar-refractivity contribution >= 4 is 23.1 Å². The summed E-state index contributed by atoms with van der Waals surface area (Å²) in [4.78, 5) is 5.75. The quantitative estimate of drug-likeness (QED) is 0.447. The van der Waals surface area contributed by atoms with Gasteiger partial charge in [-0.15, -0.1) is 0 Å². The van der Waals surface area contributed by atoms with Gasteiger partial charge >= 0.3 is 0 Å². The van der Waals surface area contributed by atoms with Crippen LogP contribution in [0.5, 0.6) is 5.75 Å². The number of hydrogen-bond donors (Lipinski definition) is 2. The molecule has 3 aromatic rings. The van der Waals surface area contributed by atoms with E-state index in [0.29, 0.717) is 5.75 Å². The molecule has 0 aliphatic carbocycles. The van der Waals surface area contributed by atoms with Gasteiger partial charge in [-0.1, -0.05) is 71.5 Å². The van der Waals surface area contributed by atoms with E-state index >= 15 is 0 Å². The van der Waals surface area contributed by atoms with Crippen LogP contribution in [0, 0.1) is 0 Å². The van der Waals surface area contributed by atoms with Gasteiger partial charge in [-0.25, -0.2) is 4.98 Å². The molecule has 0 saturated carbocycles. The monoisotopic (exact) mass is 406 g/mol. The highest BCUT2D eigenvalue weighted by atomic mass is 32.2. The third-order valence-electron chi connectivity index (χ3n) is 4.72. The Bertz CT molecular complexity index is 933. The molecule has 0 bridgehead atoms. The molecular weight excluding hydrogens is 376 g/mol. The van der Waals surface area contributed by atoms with Crippen LogP contribution in [0.15, 0.2) is 70.7 Å². The molecule has 152 valence electrons. The molecule has 2 aromatic carbocycles. The maximum atomic E-state index is 10.9. The van der Waals surface area contributed by atoms with Crippen LogP contribution < -0.4 is 5.32 Å². The molecule has 0 aliphatic heterocycles. The number of aromatic nitrogens is 1. The number of phenolic OH excluding ortho intramolecular Hbond substituents is 1. The second-order valence-electron chi connectivity index (χ2n) is 9.35. The van der Waals surface area contributed by atoms with Crippen molar-refractivity contribution in [3.8, 4) is 5.75 Å². The summed E-state index contributed by atoms with van der Waals surface area (Å²) in [5, 5.41) is 15.3. The number of hydrogen-bond acceptors (Lipinski definition) is 4. The summed E-state index contributed by atoms with van der Waals surface area (Å²) < 4.78 is 0. The molecule has 0 fully saturated rings. The molecule has 29 heavy (non-hydrogen) atoms. The number of nitrogens with one attached hydrogen (secondary N) is 1. The molecule has 0 unspecified atom stereocenters. The fourth-order valence-electron chi connectivity index (χ4n) is 3.14. The largest absolute Gasteiger partial charge is 0.507 e. The lowest BCUT2D eigenvalue weighted by Gasteiger charge is -2.28. The number of rotatable bonds is 4. The number of aromatic hydroxyl groups is 1. The Morgan fingerprint density at radius 1 is 0.793 bits per heavy atom. The first kappa shape index (κ1) is 21.3. The van der Waals surface area contributed by atoms with E-state index in [1.54, 1.807) is 11.8 Å². The van der Waals surface area contributed by atoms with Crippen molar-refractivity contribution in [2.75, 3.05) is 5.32 Å². The average molecular weight is 407 g/mol. The summed E-state index contributed by atoms with van der Waals surface area (Å²) in [5.41, 5.74) is 3.45. The van der Waals surface area contributed by atoms with Crippen LogP contribution in [0.2, 0.25) is 0 Å². The SMILES string of the molecule is CC(C)(C)c1cc(Nc2ccc(Sc3ccccc3)nc2)cc(C(C)(C)C)c1O. The Kier molecular flexibility index (Phi) is 5.95. The standard InChI is InChI=1S/C25H30N2OS/c1-24(2,3)20-14-18(15-21(23(20)28)25(4,5)6)27-17-12-13-22(26-16-17)29-19-10-8-7-9-11-19/h7-16,27-28H,1-6H3. The third-order valence-corrected chi connectivity index (χ3v) is 5.68. The molecule has 1 aromatic heterocycles. The van der Waals surface area contributed by atoms with Crippen molar-refractivity contribution in [1.82, 2.24) is 4.98 Å². The van der Waals surface area contributed by atoms with Gasteiger partial charge in [0, 0.05) is 21.7 Å². The van der Waals surface area contributed by atoms with Crippen LogP contribution in [-0.2, 0) is 10.8 Å². The molecule has 0 aliphatic rings. The van der Waals surface area contributed by atoms with Gasteiger partial charge in [0.2, 0.25) is 0 Å². The van der Waals surface area contributed by atoms with E-state index < -0.39 is 0 Å². The van der Waals surface area contributed by atoms with Gasteiger partial charge in [-0.2, -0.15) is 0 Å². The second-order valence-corrected chi connectivity index (χ2v) is 10.4. The summed E-state index contributed by atoms with van der Waals surface area (Å²) in [5.74, 6) is 0.392. The summed E-state index contributed by atoms with van der Waals surface area (Å²) in [7, 11) is 0. The Labute approximate surface area is 178 Å². The van der Waals surface area contributed by atoms with Gasteiger partial charge in [0.1, 0.15) is 10.8 Å². The minimum Gasteiger partial charge on any atom is -0.507 e. The number of nitrogens with zero attached hydrogens (tertiary/aromatic N) is 1. The molecule has 2 N–H and O–H groups in total. The third kappa shape index (κ3) is 5.33. The van der Waals surface area contributed by atoms with Crippen LogP contribution in [0.4, 0.5) is 11.4 Å². The lowest BCUT2D eigenvalue weighted by Crippen LogP contribution is -2.17. The Morgan fingerprint density at radius 2 is 1.38 bits per heavy atom. The molecular formula is C25H30N2OS. The highest BCUT2D eigenvalue weighted by Crippen LogP contribution is 2.41. The van der Waals surface area contributed by atoms with E-state index in [0.717, 1.165) is 27.5 Å². The van der Waals surface area contributed by atoms with E-state index in [4.69, 9.17) is 0 Å². The van der Waals surface area contributed by atoms with E-state index in [-0.39, 0.29) is 10.8 Å². The van der Waals surface area contributed by atoms with Crippen molar-refractivity contribution in [3.63, 3.8) is 0 Å². The topological polar surface area (TPSA) is 45.2 Å². The summed E-state index contributed by atoms with van der Waals surface area (Å²) in [6.45, 7) is 12.7. The average Bonchev–Trinajstić information content (AvgIpc) is 2.63. The predicted octanol–water partition coefficient (Wildman–Crippen LogP) is 7.28. The highest BCUT2D eigenvalue weighted by Gasteiger charge is 2.26. The molecule has 0 amide bonds. The summed E-state index contributed by atoms with van der Waals surface area (Å²) in [6.07, 6.45) is 1.85. The van der Waals surface area contributed by atoms with Crippen LogP contribution in [0.1, 0.15) is 52.7 Å². The van der Waals surface area contributed by atoms with Crippen molar-refractivity contribution in [2.45, 2.75) is 62.3 Å². The smallest absolute Gasteiger partial charge is 0.123 e. The zero-order valence-corrected chi connectivity index (χ0v) is 18.9. The van der Waals surface area contributed by atoms with E-state index in [1.165, 1.54) is 4.90 Å². The van der Waals surface area contributed by atoms with Gasteiger partial charge in [-0.05, 0) is 47.2 Å². The first-order chi connectivity index (χ1) is 13.5. The van der Waals surface area contributed by atoms with Gasteiger partial charge in [-0.3, -0.25) is 0 Å². The maximum Gasteiger partial charge on any atom is 0.123 e. The number of pyridine rings is 1. The second kappa shape index (κ2) is 8.11. The molecule has 0 atom stereocenters. The zero-order chi connectivity index (χ0) is 21.2. The van der Waals surface area contributed by atoms with Crippen LogP contribution >= 0.6 is 11.8 Å². The highest BCUT2D eigenvalue weighted by molar-refractivity contribution is 7.99.